The molecule has 0 spiro atoms. The van der Waals surface area contributed by atoms with E-state index in [2.05, 4.69) is 16.8 Å². The minimum atomic E-state index is 0. The van der Waals surface area contributed by atoms with Gasteiger partial charge in [0.25, 0.3) is 0 Å². The van der Waals surface area contributed by atoms with Crippen molar-refractivity contribution in [3.05, 3.63) is 21.9 Å². The molecule has 1 aromatic heterocycles. The zero-order valence-electron chi connectivity index (χ0n) is 12.6. The van der Waals surface area contributed by atoms with Crippen molar-refractivity contribution in [2.45, 2.75) is 69.4 Å². The maximum Gasteiger partial charge on any atom is 0.0307 e. The molecule has 0 aromatic carbocycles. The summed E-state index contributed by atoms with van der Waals surface area (Å²) in [6.07, 6.45) is 11.9. The van der Waals surface area contributed by atoms with Crippen molar-refractivity contribution in [1.82, 2.24) is 5.32 Å². The monoisotopic (exact) mass is 323 g/mol. The van der Waals surface area contributed by atoms with Crippen LogP contribution < -0.4 is 5.32 Å². The first-order valence-electron chi connectivity index (χ1n) is 8.61. The average molecular weight is 324 g/mol. The largest absolute Gasteiger partial charge is 0.306 e. The van der Waals surface area contributed by atoms with Gasteiger partial charge in [-0.25, -0.2) is 0 Å². The van der Waals surface area contributed by atoms with Crippen molar-refractivity contribution in [1.29, 1.82) is 0 Å². The second kappa shape index (κ2) is 5.25. The van der Waals surface area contributed by atoms with Crippen molar-refractivity contribution < 1.29 is 0 Å². The Morgan fingerprint density at radius 2 is 1.67 bits per heavy atom. The summed E-state index contributed by atoms with van der Waals surface area (Å²) in [4.78, 5) is 1.64. The molecule has 0 unspecified atom stereocenters. The molecule has 0 aliphatic heterocycles. The SMILES string of the molecule is Cl.c1cc(C2CC2)c(CNC23CC4CC(CC(C4)C2)C3)s1. The molecule has 4 bridgehead atoms. The van der Waals surface area contributed by atoms with E-state index in [-0.39, 0.29) is 12.4 Å². The maximum atomic E-state index is 4.06. The van der Waals surface area contributed by atoms with E-state index in [0.717, 1.165) is 30.2 Å². The molecule has 5 saturated carbocycles. The summed E-state index contributed by atoms with van der Waals surface area (Å²) in [5.41, 5.74) is 2.20. The van der Waals surface area contributed by atoms with E-state index >= 15 is 0 Å². The third kappa shape index (κ3) is 2.58. The maximum absolute atomic E-state index is 4.06. The Hall–Kier alpha value is -0.0500. The first kappa shape index (κ1) is 14.5. The molecule has 0 radical (unpaired) electrons. The van der Waals surface area contributed by atoms with Gasteiger partial charge in [0, 0.05) is 17.0 Å². The summed E-state index contributed by atoms with van der Waals surface area (Å²) >= 11 is 1.98. The predicted octanol–water partition coefficient (Wildman–Crippen LogP) is 5.11. The lowest BCUT2D eigenvalue weighted by atomic mass is 9.53. The zero-order chi connectivity index (χ0) is 13.2. The predicted molar refractivity (Wildman–Crippen MR) is 91.3 cm³/mol. The van der Waals surface area contributed by atoms with Crippen LogP contribution in [-0.4, -0.2) is 5.54 Å². The minimum absolute atomic E-state index is 0. The molecule has 1 aromatic rings. The molecule has 5 fully saturated rings. The number of rotatable bonds is 4. The van der Waals surface area contributed by atoms with Crippen LogP contribution in [0, 0.1) is 17.8 Å². The second-order valence-corrected chi connectivity index (χ2v) is 9.13. The normalized spacial score (nSPS) is 40.3. The lowest BCUT2D eigenvalue weighted by molar-refractivity contribution is -0.0205. The highest BCUT2D eigenvalue weighted by atomic mass is 35.5. The Bertz CT molecular complexity index is 484. The fraction of sp³-hybridized carbons (Fsp3) is 0.778. The standard InChI is InChI=1S/C18H25NS.ClH/c1-2-15(1)16-3-4-20-17(16)11-19-18-8-12-5-13(9-18)7-14(6-12)10-18;/h3-4,12-15,19H,1-2,5-11H2;1H. The molecule has 0 saturated heterocycles. The highest BCUT2D eigenvalue weighted by Gasteiger charge is 2.50. The first-order valence-corrected chi connectivity index (χ1v) is 9.49. The third-order valence-corrected chi connectivity index (χ3v) is 7.40. The van der Waals surface area contributed by atoms with E-state index in [0.29, 0.717) is 5.54 Å². The Morgan fingerprint density at radius 1 is 1.05 bits per heavy atom. The van der Waals surface area contributed by atoms with E-state index in [4.69, 9.17) is 0 Å². The lowest BCUT2D eigenvalue weighted by Crippen LogP contribution is -2.58. The van der Waals surface area contributed by atoms with Crippen LogP contribution in [-0.2, 0) is 6.54 Å². The average Bonchev–Trinajstić information content (AvgIpc) is 3.14. The van der Waals surface area contributed by atoms with Crippen LogP contribution >= 0.6 is 23.7 Å². The van der Waals surface area contributed by atoms with Crippen LogP contribution in [0.25, 0.3) is 0 Å². The van der Waals surface area contributed by atoms with E-state index in [1.807, 2.05) is 11.3 Å². The van der Waals surface area contributed by atoms with Crippen LogP contribution in [0.4, 0.5) is 0 Å². The highest BCUT2D eigenvalue weighted by molar-refractivity contribution is 7.10. The Balaban J connectivity index is 0.00000115. The van der Waals surface area contributed by atoms with Gasteiger partial charge in [0.1, 0.15) is 0 Å². The van der Waals surface area contributed by atoms with Gasteiger partial charge in [-0.15, -0.1) is 23.7 Å². The summed E-state index contributed by atoms with van der Waals surface area (Å²) < 4.78 is 0. The Kier molecular flexibility index (Phi) is 3.63. The van der Waals surface area contributed by atoms with Gasteiger partial charge in [-0.1, -0.05) is 0 Å². The van der Waals surface area contributed by atoms with Crippen LogP contribution in [0.3, 0.4) is 0 Å². The lowest BCUT2D eigenvalue weighted by Gasteiger charge is -2.57. The Morgan fingerprint density at radius 3 is 2.24 bits per heavy atom. The first-order chi connectivity index (χ1) is 9.80. The number of hydrogen-bond donors (Lipinski definition) is 1. The van der Waals surface area contributed by atoms with Crippen molar-refractivity contribution in [3.8, 4) is 0 Å². The molecule has 0 atom stereocenters. The van der Waals surface area contributed by atoms with Gasteiger partial charge in [0.2, 0.25) is 0 Å². The van der Waals surface area contributed by atoms with Gasteiger partial charge < -0.3 is 5.32 Å². The quantitative estimate of drug-likeness (QED) is 0.812. The van der Waals surface area contributed by atoms with Crippen LogP contribution in [0.15, 0.2) is 11.4 Å². The molecular weight excluding hydrogens is 298 g/mol. The molecule has 116 valence electrons. The number of hydrogen-bond acceptors (Lipinski definition) is 2. The van der Waals surface area contributed by atoms with Crippen LogP contribution in [0.2, 0.25) is 0 Å². The van der Waals surface area contributed by atoms with Crippen molar-refractivity contribution >= 4 is 23.7 Å². The molecule has 0 amide bonds. The van der Waals surface area contributed by atoms with Gasteiger partial charge in [-0.2, -0.15) is 0 Å². The van der Waals surface area contributed by atoms with Gasteiger partial charge in [-0.05, 0) is 92.0 Å². The number of nitrogens with one attached hydrogen (secondary N) is 1. The number of halogens is 1. The smallest absolute Gasteiger partial charge is 0.0307 e. The van der Waals surface area contributed by atoms with Gasteiger partial charge in [0.05, 0.1) is 0 Å². The Labute approximate surface area is 138 Å². The second-order valence-electron chi connectivity index (χ2n) is 8.12. The zero-order valence-corrected chi connectivity index (χ0v) is 14.3. The summed E-state index contributed by atoms with van der Waals surface area (Å²) in [7, 11) is 0. The summed E-state index contributed by atoms with van der Waals surface area (Å²) in [5, 5.41) is 6.37. The fourth-order valence-electron chi connectivity index (χ4n) is 5.85. The van der Waals surface area contributed by atoms with Crippen molar-refractivity contribution in [2.24, 2.45) is 17.8 Å². The topological polar surface area (TPSA) is 12.0 Å². The van der Waals surface area contributed by atoms with E-state index in [9.17, 15) is 0 Å². The molecule has 5 aliphatic rings. The summed E-state index contributed by atoms with van der Waals surface area (Å²) in [5.74, 6) is 4.08. The number of thiophene rings is 1. The molecule has 1 nitrogen and oxygen atoms in total. The van der Waals surface area contributed by atoms with Crippen LogP contribution in [0.5, 0.6) is 0 Å². The molecule has 21 heavy (non-hydrogen) atoms. The molecule has 5 aliphatic carbocycles. The highest BCUT2D eigenvalue weighted by Crippen LogP contribution is 2.55. The molecule has 6 rings (SSSR count). The van der Waals surface area contributed by atoms with E-state index < -0.39 is 0 Å². The van der Waals surface area contributed by atoms with Gasteiger partial charge in [-0.3, -0.25) is 0 Å². The fourth-order valence-corrected chi connectivity index (χ4v) is 6.75. The van der Waals surface area contributed by atoms with Crippen molar-refractivity contribution in [3.63, 3.8) is 0 Å². The van der Waals surface area contributed by atoms with Crippen molar-refractivity contribution in [2.75, 3.05) is 0 Å². The summed E-state index contributed by atoms with van der Waals surface area (Å²) in [6.45, 7) is 1.15. The summed E-state index contributed by atoms with van der Waals surface area (Å²) in [6, 6.07) is 2.39. The van der Waals surface area contributed by atoms with Gasteiger partial charge >= 0.3 is 0 Å². The minimum Gasteiger partial charge on any atom is -0.306 e. The van der Waals surface area contributed by atoms with E-state index in [1.54, 1.807) is 29.7 Å². The van der Waals surface area contributed by atoms with Gasteiger partial charge in [0.15, 0.2) is 0 Å². The molecular formula is C18H26ClNS. The molecule has 3 heteroatoms. The van der Waals surface area contributed by atoms with Crippen LogP contribution in [0.1, 0.15) is 67.7 Å². The van der Waals surface area contributed by atoms with E-state index in [1.165, 1.54) is 32.1 Å². The molecule has 1 heterocycles. The molecule has 1 N–H and O–H groups in total. The third-order valence-electron chi connectivity index (χ3n) is 6.46.